The zero-order valence-corrected chi connectivity index (χ0v) is 12.3. The van der Waals surface area contributed by atoms with E-state index < -0.39 is 0 Å². The summed E-state index contributed by atoms with van der Waals surface area (Å²) in [5.41, 5.74) is 8.88. The number of nitrogens with two attached hydrogens (primary N) is 1. The number of anilines is 2. The average molecular weight is 320 g/mol. The van der Waals surface area contributed by atoms with E-state index in [-0.39, 0.29) is 5.91 Å². The Hall–Kier alpha value is -1.88. The van der Waals surface area contributed by atoms with E-state index in [1.165, 1.54) is 6.20 Å². The molecule has 0 aliphatic carbocycles. The topological polar surface area (TPSA) is 68.0 Å². The van der Waals surface area contributed by atoms with Crippen molar-refractivity contribution in [2.24, 2.45) is 0 Å². The van der Waals surface area contributed by atoms with Crippen LogP contribution >= 0.6 is 15.9 Å². The molecular formula is C14H14BrN3O. The Morgan fingerprint density at radius 2 is 1.89 bits per heavy atom. The van der Waals surface area contributed by atoms with Gasteiger partial charge in [-0.25, -0.2) is 4.98 Å². The molecule has 0 spiro atoms. The van der Waals surface area contributed by atoms with Crippen molar-refractivity contribution in [1.29, 1.82) is 0 Å². The predicted octanol–water partition coefficient (Wildman–Crippen LogP) is 3.30. The lowest BCUT2D eigenvalue weighted by molar-refractivity contribution is 0.102. The van der Waals surface area contributed by atoms with Crippen LogP contribution in [0.3, 0.4) is 0 Å². The van der Waals surface area contributed by atoms with Gasteiger partial charge in [0, 0.05) is 16.4 Å². The van der Waals surface area contributed by atoms with Crippen LogP contribution in [0, 0.1) is 13.8 Å². The first-order valence-corrected chi connectivity index (χ1v) is 6.56. The van der Waals surface area contributed by atoms with Gasteiger partial charge in [0.2, 0.25) is 0 Å². The number of nitrogen functional groups attached to an aromatic ring is 1. The highest BCUT2D eigenvalue weighted by molar-refractivity contribution is 9.10. The van der Waals surface area contributed by atoms with Crippen LogP contribution in [0.1, 0.15) is 21.5 Å². The fraction of sp³-hybridized carbons (Fsp3) is 0.143. The number of carbonyl (C=O) groups excluding carboxylic acids is 1. The number of nitrogens with one attached hydrogen (secondary N) is 1. The lowest BCUT2D eigenvalue weighted by atomic mass is 10.1. The SMILES string of the molecule is Cc1cc(NC(=O)c2ccc(N)nc2)cc(C)c1Br. The number of nitrogens with zero attached hydrogens (tertiary/aromatic N) is 1. The molecule has 98 valence electrons. The van der Waals surface area contributed by atoms with Crippen molar-refractivity contribution in [1.82, 2.24) is 4.98 Å². The molecule has 0 unspecified atom stereocenters. The number of hydrogen-bond donors (Lipinski definition) is 2. The van der Waals surface area contributed by atoms with Gasteiger partial charge in [-0.2, -0.15) is 0 Å². The average Bonchev–Trinajstić information content (AvgIpc) is 2.36. The highest BCUT2D eigenvalue weighted by Gasteiger charge is 2.08. The molecule has 0 saturated heterocycles. The molecule has 4 nitrogen and oxygen atoms in total. The van der Waals surface area contributed by atoms with Crippen LogP contribution in [-0.2, 0) is 0 Å². The number of pyridine rings is 1. The zero-order chi connectivity index (χ0) is 14.0. The van der Waals surface area contributed by atoms with Gasteiger partial charge in [-0.1, -0.05) is 15.9 Å². The summed E-state index contributed by atoms with van der Waals surface area (Å²) in [7, 11) is 0. The molecule has 5 heteroatoms. The molecule has 1 aromatic carbocycles. The van der Waals surface area contributed by atoms with Crippen molar-refractivity contribution >= 4 is 33.3 Å². The van der Waals surface area contributed by atoms with Crippen molar-refractivity contribution < 1.29 is 4.79 Å². The third kappa shape index (κ3) is 3.12. The van der Waals surface area contributed by atoms with E-state index in [0.29, 0.717) is 11.4 Å². The van der Waals surface area contributed by atoms with Crippen LogP contribution in [-0.4, -0.2) is 10.9 Å². The minimum Gasteiger partial charge on any atom is -0.384 e. The third-order valence-corrected chi connectivity index (χ3v) is 3.99. The maximum atomic E-state index is 12.0. The number of amides is 1. The summed E-state index contributed by atoms with van der Waals surface area (Å²) in [5, 5.41) is 2.85. The summed E-state index contributed by atoms with van der Waals surface area (Å²) in [6.45, 7) is 3.97. The maximum absolute atomic E-state index is 12.0. The molecule has 0 bridgehead atoms. The van der Waals surface area contributed by atoms with E-state index in [1.807, 2.05) is 26.0 Å². The summed E-state index contributed by atoms with van der Waals surface area (Å²) in [4.78, 5) is 15.9. The largest absolute Gasteiger partial charge is 0.384 e. The van der Waals surface area contributed by atoms with Gasteiger partial charge in [-0.05, 0) is 49.2 Å². The van der Waals surface area contributed by atoms with Crippen LogP contribution in [0.15, 0.2) is 34.9 Å². The maximum Gasteiger partial charge on any atom is 0.257 e. The summed E-state index contributed by atoms with van der Waals surface area (Å²) >= 11 is 3.50. The van der Waals surface area contributed by atoms with Crippen molar-refractivity contribution in [2.75, 3.05) is 11.1 Å². The van der Waals surface area contributed by atoms with E-state index in [4.69, 9.17) is 5.73 Å². The van der Waals surface area contributed by atoms with E-state index in [1.54, 1.807) is 12.1 Å². The van der Waals surface area contributed by atoms with Crippen LogP contribution in [0.2, 0.25) is 0 Å². The molecule has 0 fully saturated rings. The number of benzene rings is 1. The molecule has 0 aliphatic rings. The second-order valence-corrected chi connectivity index (χ2v) is 5.14. The van der Waals surface area contributed by atoms with Crippen LogP contribution in [0.5, 0.6) is 0 Å². The zero-order valence-electron chi connectivity index (χ0n) is 10.7. The molecule has 0 atom stereocenters. The van der Waals surface area contributed by atoms with E-state index >= 15 is 0 Å². The van der Waals surface area contributed by atoms with Gasteiger partial charge in [0.05, 0.1) is 5.56 Å². The molecule has 0 saturated carbocycles. The molecule has 0 aliphatic heterocycles. The number of halogens is 1. The van der Waals surface area contributed by atoms with E-state index in [0.717, 1.165) is 21.3 Å². The van der Waals surface area contributed by atoms with Crippen molar-refractivity contribution in [3.8, 4) is 0 Å². The van der Waals surface area contributed by atoms with Crippen LogP contribution in [0.25, 0.3) is 0 Å². The first-order chi connectivity index (χ1) is 8.97. The molecule has 19 heavy (non-hydrogen) atoms. The fourth-order valence-electron chi connectivity index (χ4n) is 1.76. The fourth-order valence-corrected chi connectivity index (χ4v) is 1.99. The molecule has 2 rings (SSSR count). The molecule has 1 heterocycles. The summed E-state index contributed by atoms with van der Waals surface area (Å²) in [6.07, 6.45) is 1.46. The Labute approximate surface area is 120 Å². The molecule has 1 aromatic heterocycles. The van der Waals surface area contributed by atoms with Crippen LogP contribution < -0.4 is 11.1 Å². The van der Waals surface area contributed by atoms with Crippen molar-refractivity contribution in [3.05, 3.63) is 51.6 Å². The predicted molar refractivity (Wildman–Crippen MR) is 80.2 cm³/mol. The van der Waals surface area contributed by atoms with Gasteiger partial charge in [-0.15, -0.1) is 0 Å². The first-order valence-electron chi connectivity index (χ1n) is 5.77. The minimum absolute atomic E-state index is 0.200. The lowest BCUT2D eigenvalue weighted by Crippen LogP contribution is -2.12. The van der Waals surface area contributed by atoms with Gasteiger partial charge in [0.15, 0.2) is 0 Å². The van der Waals surface area contributed by atoms with Crippen molar-refractivity contribution in [3.63, 3.8) is 0 Å². The lowest BCUT2D eigenvalue weighted by Gasteiger charge is -2.09. The van der Waals surface area contributed by atoms with Gasteiger partial charge < -0.3 is 11.1 Å². The first kappa shape index (κ1) is 13.5. The number of hydrogen-bond acceptors (Lipinski definition) is 3. The quantitative estimate of drug-likeness (QED) is 0.892. The normalized spacial score (nSPS) is 10.3. The Kier molecular flexibility index (Phi) is 3.85. The molecule has 3 N–H and O–H groups in total. The van der Waals surface area contributed by atoms with E-state index in [2.05, 4.69) is 26.2 Å². The minimum atomic E-state index is -0.200. The molecular weight excluding hydrogens is 306 g/mol. The summed E-state index contributed by atoms with van der Waals surface area (Å²) in [6, 6.07) is 7.09. The highest BCUT2D eigenvalue weighted by atomic mass is 79.9. The number of carbonyl (C=O) groups is 1. The monoisotopic (exact) mass is 319 g/mol. The Bertz CT molecular complexity index is 600. The standard InChI is InChI=1S/C14H14BrN3O/c1-8-5-11(6-9(2)13(8)15)18-14(19)10-3-4-12(16)17-7-10/h3-7H,1-2H3,(H2,16,17)(H,18,19). The third-order valence-electron chi connectivity index (χ3n) is 2.74. The smallest absolute Gasteiger partial charge is 0.257 e. The number of aromatic nitrogens is 1. The Balaban J connectivity index is 2.22. The number of aryl methyl sites for hydroxylation is 2. The number of rotatable bonds is 2. The van der Waals surface area contributed by atoms with E-state index in [9.17, 15) is 4.79 Å². The van der Waals surface area contributed by atoms with Crippen molar-refractivity contribution in [2.45, 2.75) is 13.8 Å². The molecule has 0 radical (unpaired) electrons. The van der Waals surface area contributed by atoms with Crippen LogP contribution in [0.4, 0.5) is 11.5 Å². The van der Waals surface area contributed by atoms with Gasteiger partial charge in [0.25, 0.3) is 5.91 Å². The molecule has 1 amide bonds. The summed E-state index contributed by atoms with van der Waals surface area (Å²) in [5.74, 6) is 0.195. The van der Waals surface area contributed by atoms with Gasteiger partial charge >= 0.3 is 0 Å². The van der Waals surface area contributed by atoms with Gasteiger partial charge in [-0.3, -0.25) is 4.79 Å². The second-order valence-electron chi connectivity index (χ2n) is 4.35. The second kappa shape index (κ2) is 5.40. The Morgan fingerprint density at radius 3 is 2.42 bits per heavy atom. The van der Waals surface area contributed by atoms with Gasteiger partial charge in [0.1, 0.15) is 5.82 Å². The highest BCUT2D eigenvalue weighted by Crippen LogP contribution is 2.25. The summed E-state index contributed by atoms with van der Waals surface area (Å²) < 4.78 is 1.06. The molecule has 2 aromatic rings. The Morgan fingerprint density at radius 1 is 1.26 bits per heavy atom.